The fourth-order valence-electron chi connectivity index (χ4n) is 2.76. The molecule has 20 heteroatoms. The SMILES string of the molecule is Nc1ncnc2c1ncn2[C@@H]1O[C@H](COP(=O)(O)OP(=O)(O)CP(=O)(O)O)C(O)C1O. The van der Waals surface area contributed by atoms with Crippen LogP contribution in [0.4, 0.5) is 5.82 Å². The zero-order valence-corrected chi connectivity index (χ0v) is 17.9. The minimum Gasteiger partial charge on any atom is -0.387 e. The molecule has 174 valence electrons. The first-order valence-electron chi connectivity index (χ1n) is 8.19. The number of anilines is 1. The van der Waals surface area contributed by atoms with Gasteiger partial charge in [-0.15, -0.1) is 0 Å². The molecule has 1 aliphatic heterocycles. The number of rotatable bonds is 8. The molecule has 0 saturated carbocycles. The maximum Gasteiger partial charge on any atom is 0.479 e. The Balaban J connectivity index is 1.69. The second-order valence-corrected chi connectivity index (χ2v) is 12.0. The van der Waals surface area contributed by atoms with E-state index in [4.69, 9.17) is 20.3 Å². The van der Waals surface area contributed by atoms with Gasteiger partial charge in [-0.1, -0.05) is 0 Å². The molecule has 2 aromatic rings. The van der Waals surface area contributed by atoms with Crippen molar-refractivity contribution in [3.63, 3.8) is 0 Å². The lowest BCUT2D eigenvalue weighted by Crippen LogP contribution is -2.33. The van der Waals surface area contributed by atoms with Crippen LogP contribution in [0.25, 0.3) is 11.2 Å². The van der Waals surface area contributed by atoms with Gasteiger partial charge in [0, 0.05) is 0 Å². The maximum atomic E-state index is 11.9. The van der Waals surface area contributed by atoms with Gasteiger partial charge >= 0.3 is 23.0 Å². The summed E-state index contributed by atoms with van der Waals surface area (Å²) < 4.78 is 49.4. The van der Waals surface area contributed by atoms with Crippen LogP contribution in [0.2, 0.25) is 0 Å². The standard InChI is InChI=1S/C11H18N5O12P3/c12-9-6-10(14-2-13-9)16(3-15-6)11-8(18)7(17)5(27-11)1-26-31(24,25)28-30(22,23)4-29(19,20)21/h2-3,5,7-8,11,17-18H,1,4H2,(H,22,23)(H,24,25)(H2,12,13,14)(H2,19,20,21)/t5-,7?,8?,11-/m1/s1. The summed E-state index contributed by atoms with van der Waals surface area (Å²) in [6, 6.07) is 0. The lowest BCUT2D eigenvalue weighted by molar-refractivity contribution is -0.0501. The second-order valence-electron chi connectivity index (χ2n) is 6.42. The zero-order chi connectivity index (χ0) is 23.2. The van der Waals surface area contributed by atoms with Crippen LogP contribution < -0.4 is 5.73 Å². The van der Waals surface area contributed by atoms with Crippen molar-refractivity contribution in [3.8, 4) is 0 Å². The fourth-order valence-corrected chi connectivity index (χ4v) is 7.11. The molecule has 3 heterocycles. The van der Waals surface area contributed by atoms with Gasteiger partial charge in [-0.2, -0.15) is 0 Å². The molecule has 17 nitrogen and oxygen atoms in total. The number of fused-ring (bicyclic) bond motifs is 1. The van der Waals surface area contributed by atoms with Crippen molar-refractivity contribution in [2.45, 2.75) is 24.5 Å². The van der Waals surface area contributed by atoms with E-state index in [2.05, 4.69) is 23.8 Å². The number of hydrogen-bond donors (Lipinski definition) is 7. The second kappa shape index (κ2) is 8.56. The number of imidazole rings is 1. The number of nitrogen functional groups attached to an aromatic ring is 1. The molecule has 1 aliphatic rings. The van der Waals surface area contributed by atoms with E-state index in [1.165, 1.54) is 10.9 Å². The number of aliphatic hydroxyl groups excluding tert-OH is 2. The average Bonchev–Trinajstić information content (AvgIpc) is 3.13. The predicted octanol–water partition coefficient (Wildman–Crippen LogP) is -1.52. The quantitative estimate of drug-likeness (QED) is 0.201. The third-order valence-electron chi connectivity index (χ3n) is 3.99. The summed E-state index contributed by atoms with van der Waals surface area (Å²) >= 11 is 0. The minimum absolute atomic E-state index is 0.0544. The van der Waals surface area contributed by atoms with E-state index >= 15 is 0 Å². The minimum atomic E-state index is -5.31. The van der Waals surface area contributed by atoms with E-state index in [0.29, 0.717) is 0 Å². The largest absolute Gasteiger partial charge is 0.479 e. The Bertz CT molecular complexity index is 1110. The third kappa shape index (κ3) is 5.73. The van der Waals surface area contributed by atoms with E-state index in [-0.39, 0.29) is 17.0 Å². The van der Waals surface area contributed by atoms with Gasteiger partial charge in [0.05, 0.1) is 12.9 Å². The highest BCUT2D eigenvalue weighted by Crippen LogP contribution is 2.65. The van der Waals surface area contributed by atoms with Gasteiger partial charge in [0.2, 0.25) is 0 Å². The number of ether oxygens (including phenoxy) is 1. The molecule has 4 unspecified atom stereocenters. The predicted molar refractivity (Wildman–Crippen MR) is 99.3 cm³/mol. The number of aromatic nitrogens is 4. The molecule has 3 rings (SSSR count). The molecule has 0 spiro atoms. The summed E-state index contributed by atoms with van der Waals surface area (Å²) in [5.41, 5.74) is 6.04. The molecule has 31 heavy (non-hydrogen) atoms. The van der Waals surface area contributed by atoms with E-state index < -0.39 is 60.1 Å². The van der Waals surface area contributed by atoms with Crippen molar-refractivity contribution in [2.24, 2.45) is 0 Å². The van der Waals surface area contributed by atoms with Crippen LogP contribution in [0, 0.1) is 0 Å². The molecule has 0 bridgehead atoms. The van der Waals surface area contributed by atoms with Crippen molar-refractivity contribution in [1.82, 2.24) is 19.5 Å². The summed E-state index contributed by atoms with van der Waals surface area (Å²) in [5.74, 6) is -1.66. The number of phosphoric acid groups is 1. The highest BCUT2D eigenvalue weighted by Gasteiger charge is 2.46. The van der Waals surface area contributed by atoms with Crippen LogP contribution >= 0.6 is 23.0 Å². The smallest absolute Gasteiger partial charge is 0.387 e. The monoisotopic (exact) mass is 505 g/mol. The van der Waals surface area contributed by atoms with Crippen LogP contribution in [0.1, 0.15) is 6.23 Å². The normalized spacial score (nSPS) is 28.5. The van der Waals surface area contributed by atoms with E-state index in [9.17, 15) is 33.7 Å². The lowest BCUT2D eigenvalue weighted by Gasteiger charge is -2.19. The molecule has 6 atom stereocenters. The lowest BCUT2D eigenvalue weighted by atomic mass is 10.1. The Labute approximate surface area is 172 Å². The Hall–Kier alpha value is -1.32. The van der Waals surface area contributed by atoms with Gasteiger partial charge in [0.15, 0.2) is 23.6 Å². The number of aliphatic hydroxyl groups is 2. The summed E-state index contributed by atoms with van der Waals surface area (Å²) in [7, 11) is -15.6. The van der Waals surface area contributed by atoms with Crippen LogP contribution in [-0.4, -0.2) is 80.1 Å². The van der Waals surface area contributed by atoms with Crippen LogP contribution in [0.3, 0.4) is 0 Å². The van der Waals surface area contributed by atoms with E-state index in [1.807, 2.05) is 0 Å². The number of nitrogens with zero attached hydrogens (tertiary/aromatic N) is 4. The van der Waals surface area contributed by atoms with E-state index in [0.717, 1.165) is 6.33 Å². The zero-order valence-electron chi connectivity index (χ0n) is 15.2. The van der Waals surface area contributed by atoms with Crippen LogP contribution in [0.5, 0.6) is 0 Å². The van der Waals surface area contributed by atoms with Crippen LogP contribution in [-0.2, 0) is 27.3 Å². The summed E-state index contributed by atoms with van der Waals surface area (Å²) in [5, 5.41) is 20.5. The molecule has 8 N–H and O–H groups in total. The Morgan fingerprint density at radius 3 is 2.42 bits per heavy atom. The molecule has 2 aromatic heterocycles. The van der Waals surface area contributed by atoms with Crippen molar-refractivity contribution >= 4 is 40.0 Å². The number of phosphoric ester groups is 1. The van der Waals surface area contributed by atoms with Crippen LogP contribution in [0.15, 0.2) is 12.7 Å². The molecule has 0 aliphatic carbocycles. The van der Waals surface area contributed by atoms with Crippen molar-refractivity contribution in [2.75, 3.05) is 18.2 Å². The fraction of sp³-hybridized carbons (Fsp3) is 0.545. The molecule has 0 radical (unpaired) electrons. The Kier molecular flexibility index (Phi) is 6.71. The molecule has 0 amide bonds. The summed E-state index contributed by atoms with van der Waals surface area (Å²) in [6.45, 7) is -0.901. The maximum absolute atomic E-state index is 11.9. The molecular formula is C11H18N5O12P3. The summed E-state index contributed by atoms with van der Waals surface area (Å²) in [4.78, 5) is 48.0. The van der Waals surface area contributed by atoms with Gasteiger partial charge in [-0.05, 0) is 0 Å². The van der Waals surface area contributed by atoms with E-state index in [1.54, 1.807) is 0 Å². The molecule has 0 aromatic carbocycles. The van der Waals surface area contributed by atoms with Gasteiger partial charge in [-0.3, -0.25) is 18.2 Å². The topological polar surface area (TPSA) is 270 Å². The Morgan fingerprint density at radius 1 is 1.10 bits per heavy atom. The highest BCUT2D eigenvalue weighted by atomic mass is 31.3. The highest BCUT2D eigenvalue weighted by molar-refractivity contribution is 7.73. The molecule has 1 saturated heterocycles. The third-order valence-corrected chi connectivity index (χ3v) is 9.22. The van der Waals surface area contributed by atoms with Gasteiger partial charge in [-0.25, -0.2) is 23.8 Å². The first-order valence-corrected chi connectivity index (χ1v) is 13.2. The van der Waals surface area contributed by atoms with Gasteiger partial charge in [0.25, 0.3) is 0 Å². The van der Waals surface area contributed by atoms with Gasteiger partial charge < -0.3 is 40.3 Å². The van der Waals surface area contributed by atoms with Gasteiger partial charge in [0.1, 0.15) is 30.2 Å². The van der Waals surface area contributed by atoms with Crippen molar-refractivity contribution in [1.29, 1.82) is 0 Å². The average molecular weight is 505 g/mol. The number of hydrogen-bond acceptors (Lipinski definition) is 12. The van der Waals surface area contributed by atoms with Crippen molar-refractivity contribution in [3.05, 3.63) is 12.7 Å². The Morgan fingerprint density at radius 2 is 1.77 bits per heavy atom. The molecule has 1 fully saturated rings. The van der Waals surface area contributed by atoms with Crippen molar-refractivity contribution < 1.29 is 57.1 Å². The number of nitrogens with two attached hydrogens (primary N) is 1. The first-order chi connectivity index (χ1) is 14.2. The summed E-state index contributed by atoms with van der Waals surface area (Å²) in [6.07, 6.45) is -3.54. The first kappa shape index (κ1) is 24.3. The molecular weight excluding hydrogens is 487 g/mol.